The number of nitrogens with zero attached hydrogens (tertiary/aromatic N) is 1. The van der Waals surface area contributed by atoms with Crippen LogP contribution < -0.4 is 4.74 Å². The zero-order valence-corrected chi connectivity index (χ0v) is 13.4. The number of aromatic carboxylic acids is 1. The van der Waals surface area contributed by atoms with Crippen LogP contribution in [0.3, 0.4) is 0 Å². The Morgan fingerprint density at radius 2 is 1.80 bits per heavy atom. The number of carboxylic acids is 1. The van der Waals surface area contributed by atoms with E-state index >= 15 is 0 Å². The van der Waals surface area contributed by atoms with Crippen molar-refractivity contribution >= 4 is 22.7 Å². The number of fused-ring (bicyclic) bond motifs is 1. The van der Waals surface area contributed by atoms with Gasteiger partial charge in [-0.15, -0.1) is 0 Å². The molecular weight excluding hydrogens is 322 g/mol. The number of hydrogen-bond donors (Lipinski definition) is 1. The van der Waals surface area contributed by atoms with Crippen LogP contribution >= 0.6 is 0 Å². The van der Waals surface area contributed by atoms with Crippen LogP contribution in [0, 0.1) is 0 Å². The molecule has 126 valence electrons. The fourth-order valence-electron chi connectivity index (χ4n) is 2.44. The molecule has 1 heterocycles. The number of methoxy groups -OCH3 is 1. The van der Waals surface area contributed by atoms with Gasteiger partial charge in [0.05, 0.1) is 16.6 Å². The number of rotatable bonds is 6. The molecule has 3 aromatic rings. The largest absolute Gasteiger partial charge is 0.478 e. The number of hydrogen-bond acceptors (Lipinski definition) is 5. The van der Waals surface area contributed by atoms with Crippen molar-refractivity contribution in [2.75, 3.05) is 13.9 Å². The van der Waals surface area contributed by atoms with E-state index in [1.807, 2.05) is 6.07 Å². The van der Waals surface area contributed by atoms with Gasteiger partial charge in [-0.1, -0.05) is 18.2 Å². The van der Waals surface area contributed by atoms with Gasteiger partial charge in [0, 0.05) is 24.3 Å². The molecule has 25 heavy (non-hydrogen) atoms. The Balaban J connectivity index is 2.05. The summed E-state index contributed by atoms with van der Waals surface area (Å²) in [5.41, 5.74) is 1.49. The first-order chi connectivity index (χ1) is 12.1. The highest BCUT2D eigenvalue weighted by Crippen LogP contribution is 2.27. The van der Waals surface area contributed by atoms with E-state index in [0.717, 1.165) is 5.39 Å². The maximum absolute atomic E-state index is 12.9. The minimum atomic E-state index is -1.04. The summed E-state index contributed by atoms with van der Waals surface area (Å²) in [6.45, 7) is 0.00397. The van der Waals surface area contributed by atoms with Crippen LogP contribution in [0.4, 0.5) is 0 Å². The van der Waals surface area contributed by atoms with Crippen LogP contribution in [0.2, 0.25) is 0 Å². The summed E-state index contributed by atoms with van der Waals surface area (Å²) in [4.78, 5) is 28.1. The zero-order chi connectivity index (χ0) is 17.8. The molecule has 0 aliphatic carbocycles. The van der Waals surface area contributed by atoms with Crippen LogP contribution in [-0.4, -0.2) is 35.7 Å². The van der Waals surface area contributed by atoms with Crippen molar-refractivity contribution in [3.05, 3.63) is 71.4 Å². The topological polar surface area (TPSA) is 85.7 Å². The van der Waals surface area contributed by atoms with Gasteiger partial charge < -0.3 is 14.6 Å². The highest BCUT2D eigenvalue weighted by Gasteiger charge is 2.17. The Morgan fingerprint density at radius 1 is 1.08 bits per heavy atom. The standard InChI is InChI=1S/C19H15NO5/c1-24-11-25-17-9-14-3-2-8-20-16(14)10-15(17)18(21)12-4-6-13(7-5-12)19(22)23/h2-10H,11H2,1H3,(H,22,23). The van der Waals surface area contributed by atoms with Gasteiger partial charge in [0.15, 0.2) is 12.6 Å². The SMILES string of the molecule is COCOc1cc2cccnc2cc1C(=O)c1ccc(C(=O)O)cc1. The molecule has 0 aliphatic rings. The van der Waals surface area contributed by atoms with Gasteiger partial charge in [-0.25, -0.2) is 4.79 Å². The van der Waals surface area contributed by atoms with E-state index in [2.05, 4.69) is 4.98 Å². The van der Waals surface area contributed by atoms with Gasteiger partial charge in [0.1, 0.15) is 5.75 Å². The third-order valence-electron chi connectivity index (χ3n) is 3.68. The molecule has 3 rings (SSSR count). The summed E-state index contributed by atoms with van der Waals surface area (Å²) in [5, 5.41) is 9.80. The van der Waals surface area contributed by atoms with E-state index in [1.54, 1.807) is 24.4 Å². The molecule has 2 aromatic carbocycles. The molecule has 0 saturated heterocycles. The Hall–Kier alpha value is -3.25. The number of ketones is 1. The highest BCUT2D eigenvalue weighted by atomic mass is 16.7. The molecule has 0 bridgehead atoms. The van der Waals surface area contributed by atoms with Gasteiger partial charge >= 0.3 is 5.97 Å². The van der Waals surface area contributed by atoms with Gasteiger partial charge in [-0.05, 0) is 30.3 Å². The van der Waals surface area contributed by atoms with E-state index in [1.165, 1.54) is 31.4 Å². The molecule has 6 heteroatoms. The summed E-state index contributed by atoms with van der Waals surface area (Å²) in [6.07, 6.45) is 1.65. The van der Waals surface area contributed by atoms with Crippen molar-refractivity contribution in [2.45, 2.75) is 0 Å². The lowest BCUT2D eigenvalue weighted by atomic mass is 9.99. The quantitative estimate of drug-likeness (QED) is 0.549. The lowest BCUT2D eigenvalue weighted by Crippen LogP contribution is -2.08. The molecule has 0 aliphatic heterocycles. The van der Waals surface area contributed by atoms with Crippen LogP contribution in [0.25, 0.3) is 10.9 Å². The lowest BCUT2D eigenvalue weighted by molar-refractivity contribution is 0.0504. The maximum Gasteiger partial charge on any atom is 0.335 e. The van der Waals surface area contributed by atoms with Crippen molar-refractivity contribution in [2.24, 2.45) is 0 Å². The molecule has 0 fully saturated rings. The van der Waals surface area contributed by atoms with Crippen LogP contribution in [0.5, 0.6) is 5.75 Å². The molecule has 0 atom stereocenters. The van der Waals surface area contributed by atoms with Crippen molar-refractivity contribution in [1.82, 2.24) is 4.98 Å². The lowest BCUT2D eigenvalue weighted by Gasteiger charge is -2.12. The van der Waals surface area contributed by atoms with Crippen molar-refractivity contribution < 1.29 is 24.2 Å². The average Bonchev–Trinajstić information content (AvgIpc) is 2.65. The Morgan fingerprint density at radius 3 is 2.48 bits per heavy atom. The summed E-state index contributed by atoms with van der Waals surface area (Å²) in [6, 6.07) is 12.8. The second kappa shape index (κ2) is 7.11. The fraction of sp³-hybridized carbons (Fsp3) is 0.105. The van der Waals surface area contributed by atoms with E-state index in [9.17, 15) is 9.59 Å². The van der Waals surface area contributed by atoms with Crippen LogP contribution in [-0.2, 0) is 4.74 Å². The molecule has 0 amide bonds. The first kappa shape index (κ1) is 16.6. The fourth-order valence-corrected chi connectivity index (χ4v) is 2.44. The monoisotopic (exact) mass is 337 g/mol. The third-order valence-corrected chi connectivity index (χ3v) is 3.68. The summed E-state index contributed by atoms with van der Waals surface area (Å²) >= 11 is 0. The third kappa shape index (κ3) is 3.49. The normalized spacial score (nSPS) is 10.6. The van der Waals surface area contributed by atoms with Crippen molar-refractivity contribution in [3.8, 4) is 5.75 Å². The van der Waals surface area contributed by atoms with Crippen molar-refractivity contribution in [1.29, 1.82) is 0 Å². The van der Waals surface area contributed by atoms with Crippen molar-refractivity contribution in [3.63, 3.8) is 0 Å². The summed E-state index contributed by atoms with van der Waals surface area (Å²) in [7, 11) is 1.49. The van der Waals surface area contributed by atoms with E-state index in [4.69, 9.17) is 14.6 Å². The predicted molar refractivity (Wildman–Crippen MR) is 91.1 cm³/mol. The molecule has 0 radical (unpaired) electrons. The van der Waals surface area contributed by atoms with Gasteiger partial charge in [0.25, 0.3) is 0 Å². The Bertz CT molecular complexity index is 934. The number of carbonyl (C=O) groups excluding carboxylic acids is 1. The summed E-state index contributed by atoms with van der Waals surface area (Å²) < 4.78 is 10.5. The van der Waals surface area contributed by atoms with Crippen LogP contribution in [0.1, 0.15) is 26.3 Å². The molecule has 6 nitrogen and oxygen atoms in total. The zero-order valence-electron chi connectivity index (χ0n) is 13.4. The van der Waals surface area contributed by atoms with E-state index < -0.39 is 5.97 Å². The first-order valence-electron chi connectivity index (χ1n) is 7.48. The number of pyridine rings is 1. The Labute approximate surface area is 143 Å². The van der Waals surface area contributed by atoms with Gasteiger partial charge in [-0.3, -0.25) is 9.78 Å². The number of ether oxygens (including phenoxy) is 2. The van der Waals surface area contributed by atoms with E-state index in [0.29, 0.717) is 22.4 Å². The molecular formula is C19H15NO5. The number of carbonyl (C=O) groups is 2. The maximum atomic E-state index is 12.9. The van der Waals surface area contributed by atoms with Crippen LogP contribution in [0.15, 0.2) is 54.7 Å². The minimum absolute atomic E-state index is 0.00397. The van der Waals surface area contributed by atoms with Gasteiger partial charge in [0.2, 0.25) is 0 Å². The number of benzene rings is 2. The summed E-state index contributed by atoms with van der Waals surface area (Å²) in [5.74, 6) is -0.941. The number of carboxylic acid groups (broad SMARTS) is 1. The first-order valence-corrected chi connectivity index (χ1v) is 7.48. The molecule has 1 aromatic heterocycles. The molecule has 0 unspecified atom stereocenters. The van der Waals surface area contributed by atoms with Gasteiger partial charge in [-0.2, -0.15) is 0 Å². The second-order valence-corrected chi connectivity index (χ2v) is 5.31. The molecule has 0 saturated carbocycles. The smallest absolute Gasteiger partial charge is 0.335 e. The predicted octanol–water partition coefficient (Wildman–Crippen LogP) is 3.15. The minimum Gasteiger partial charge on any atom is -0.478 e. The molecule has 1 N–H and O–H groups in total. The molecule has 0 spiro atoms. The number of aromatic nitrogens is 1. The van der Waals surface area contributed by atoms with E-state index in [-0.39, 0.29) is 18.1 Å². The second-order valence-electron chi connectivity index (χ2n) is 5.31. The average molecular weight is 337 g/mol. The Kier molecular flexibility index (Phi) is 4.72. The highest BCUT2D eigenvalue weighted by molar-refractivity contribution is 6.12.